The average Bonchev–Trinajstić information content (AvgIpc) is 3.27. The van der Waals surface area contributed by atoms with Crippen LogP contribution in [0.25, 0.3) is 0 Å². The van der Waals surface area contributed by atoms with Crippen LogP contribution in [0.5, 0.6) is 5.75 Å². The van der Waals surface area contributed by atoms with Gasteiger partial charge < -0.3 is 10.1 Å². The molecule has 0 saturated carbocycles. The van der Waals surface area contributed by atoms with Crippen LogP contribution in [0.1, 0.15) is 29.5 Å². The second kappa shape index (κ2) is 6.53. The monoisotopic (exact) mass is 365 g/mol. The standard InChI is InChI=1S/C20H19N3O2S/c1-20(18(24)22-19-23-21-12-26-19)11-14-8-9-15(25-2)10-16(14)17(20)13-6-4-3-5-7-13/h3-10,12,17H,11H2,1-2H3,(H,22,23,24)/t17-,20+/m0/s1. The minimum absolute atomic E-state index is 0.0433. The van der Waals surface area contributed by atoms with Crippen LogP contribution in [-0.2, 0) is 11.2 Å². The van der Waals surface area contributed by atoms with Crippen LogP contribution < -0.4 is 10.1 Å². The summed E-state index contributed by atoms with van der Waals surface area (Å²) in [5.41, 5.74) is 4.43. The topological polar surface area (TPSA) is 64.1 Å². The van der Waals surface area contributed by atoms with Gasteiger partial charge >= 0.3 is 0 Å². The highest BCUT2D eigenvalue weighted by Crippen LogP contribution is 2.52. The SMILES string of the molecule is COc1ccc2c(c1)[C@H](c1ccccc1)[C@](C)(C(=O)Nc1nncs1)C2. The van der Waals surface area contributed by atoms with Gasteiger partial charge in [-0.3, -0.25) is 4.79 Å². The summed E-state index contributed by atoms with van der Waals surface area (Å²) in [6, 6.07) is 16.2. The number of methoxy groups -OCH3 is 1. The number of nitrogens with zero attached hydrogens (tertiary/aromatic N) is 2. The molecule has 0 saturated heterocycles. The Bertz CT molecular complexity index is 927. The molecular formula is C20H19N3O2S. The van der Waals surface area contributed by atoms with Crippen molar-refractivity contribution in [2.75, 3.05) is 12.4 Å². The molecule has 0 fully saturated rings. The summed E-state index contributed by atoms with van der Waals surface area (Å²) in [4.78, 5) is 13.2. The molecule has 2 aromatic carbocycles. The Morgan fingerprint density at radius 1 is 1.27 bits per heavy atom. The number of hydrogen-bond donors (Lipinski definition) is 1. The highest BCUT2D eigenvalue weighted by Gasteiger charge is 2.49. The van der Waals surface area contributed by atoms with Crippen molar-refractivity contribution in [1.82, 2.24) is 10.2 Å². The molecule has 0 radical (unpaired) electrons. The fourth-order valence-corrected chi connectivity index (χ4v) is 4.28. The Morgan fingerprint density at radius 2 is 2.08 bits per heavy atom. The van der Waals surface area contributed by atoms with E-state index in [1.807, 2.05) is 31.2 Å². The average molecular weight is 365 g/mol. The van der Waals surface area contributed by atoms with Gasteiger partial charge in [0, 0.05) is 5.92 Å². The van der Waals surface area contributed by atoms with E-state index in [2.05, 4.69) is 39.8 Å². The quantitative estimate of drug-likeness (QED) is 0.762. The molecule has 1 aromatic heterocycles. The lowest BCUT2D eigenvalue weighted by Gasteiger charge is -2.30. The zero-order chi connectivity index (χ0) is 18.1. The number of benzene rings is 2. The molecule has 1 amide bonds. The maximum Gasteiger partial charge on any atom is 0.233 e. The highest BCUT2D eigenvalue weighted by atomic mass is 32.1. The van der Waals surface area contributed by atoms with Crippen LogP contribution in [0.15, 0.2) is 54.0 Å². The van der Waals surface area contributed by atoms with Crippen molar-refractivity contribution >= 4 is 22.4 Å². The first kappa shape index (κ1) is 16.7. The predicted octanol–water partition coefficient (Wildman–Crippen LogP) is 3.88. The summed E-state index contributed by atoms with van der Waals surface area (Å²) < 4.78 is 5.42. The maximum absolute atomic E-state index is 13.2. The molecule has 0 unspecified atom stereocenters. The molecule has 1 heterocycles. The van der Waals surface area contributed by atoms with E-state index in [0.717, 1.165) is 16.9 Å². The Labute approximate surface area is 156 Å². The van der Waals surface area contributed by atoms with E-state index < -0.39 is 5.41 Å². The number of amides is 1. The molecule has 1 aliphatic rings. The molecule has 2 atom stereocenters. The van der Waals surface area contributed by atoms with E-state index in [1.165, 1.54) is 16.9 Å². The number of nitrogens with one attached hydrogen (secondary N) is 1. The number of hydrogen-bond acceptors (Lipinski definition) is 5. The van der Waals surface area contributed by atoms with Gasteiger partial charge in [-0.25, -0.2) is 0 Å². The predicted molar refractivity (Wildman–Crippen MR) is 102 cm³/mol. The van der Waals surface area contributed by atoms with Crippen molar-refractivity contribution in [3.63, 3.8) is 0 Å². The second-order valence-electron chi connectivity index (χ2n) is 6.70. The second-order valence-corrected chi connectivity index (χ2v) is 7.53. The summed E-state index contributed by atoms with van der Waals surface area (Å²) in [7, 11) is 1.66. The molecule has 5 nitrogen and oxygen atoms in total. The molecule has 1 aliphatic carbocycles. The molecule has 0 aliphatic heterocycles. The number of rotatable bonds is 4. The van der Waals surface area contributed by atoms with Gasteiger partial charge in [-0.15, -0.1) is 10.2 Å². The summed E-state index contributed by atoms with van der Waals surface area (Å²) in [6.07, 6.45) is 0.663. The molecule has 6 heteroatoms. The number of aromatic nitrogens is 2. The van der Waals surface area contributed by atoms with Crippen molar-refractivity contribution in [3.05, 3.63) is 70.7 Å². The van der Waals surface area contributed by atoms with Gasteiger partial charge in [0.2, 0.25) is 11.0 Å². The highest BCUT2D eigenvalue weighted by molar-refractivity contribution is 7.13. The van der Waals surface area contributed by atoms with E-state index in [4.69, 9.17) is 4.74 Å². The third-order valence-corrected chi connectivity index (χ3v) is 5.70. The van der Waals surface area contributed by atoms with E-state index >= 15 is 0 Å². The van der Waals surface area contributed by atoms with Crippen molar-refractivity contribution in [1.29, 1.82) is 0 Å². The molecule has 4 rings (SSSR count). The summed E-state index contributed by atoms with van der Waals surface area (Å²) >= 11 is 1.32. The van der Waals surface area contributed by atoms with Crippen LogP contribution in [0.4, 0.5) is 5.13 Å². The van der Waals surface area contributed by atoms with Gasteiger partial charge in [0.1, 0.15) is 11.3 Å². The van der Waals surface area contributed by atoms with Crippen molar-refractivity contribution in [2.45, 2.75) is 19.3 Å². The van der Waals surface area contributed by atoms with Crippen LogP contribution in [0.2, 0.25) is 0 Å². The normalized spacial score (nSPS) is 21.2. The van der Waals surface area contributed by atoms with Gasteiger partial charge in [0.15, 0.2) is 0 Å². The Kier molecular flexibility index (Phi) is 4.20. The summed E-state index contributed by atoms with van der Waals surface area (Å²) in [5, 5.41) is 11.2. The van der Waals surface area contributed by atoms with Crippen molar-refractivity contribution < 1.29 is 9.53 Å². The van der Waals surface area contributed by atoms with E-state index in [1.54, 1.807) is 12.6 Å². The van der Waals surface area contributed by atoms with Crippen LogP contribution in [-0.4, -0.2) is 23.2 Å². The number of anilines is 1. The van der Waals surface area contributed by atoms with Crippen LogP contribution in [0, 0.1) is 5.41 Å². The lowest BCUT2D eigenvalue weighted by atomic mass is 9.73. The smallest absolute Gasteiger partial charge is 0.233 e. The molecule has 1 N–H and O–H groups in total. The minimum Gasteiger partial charge on any atom is -0.497 e. The Balaban J connectivity index is 1.79. The van der Waals surface area contributed by atoms with Gasteiger partial charge in [-0.05, 0) is 42.2 Å². The first-order chi connectivity index (χ1) is 12.6. The van der Waals surface area contributed by atoms with E-state index in [9.17, 15) is 4.79 Å². The number of ether oxygens (including phenoxy) is 1. The van der Waals surface area contributed by atoms with Crippen LogP contribution >= 0.6 is 11.3 Å². The Hall–Kier alpha value is -2.73. The first-order valence-electron chi connectivity index (χ1n) is 8.41. The molecular weight excluding hydrogens is 346 g/mol. The van der Waals surface area contributed by atoms with E-state index in [0.29, 0.717) is 11.6 Å². The van der Waals surface area contributed by atoms with Crippen molar-refractivity contribution in [2.24, 2.45) is 5.41 Å². The molecule has 26 heavy (non-hydrogen) atoms. The first-order valence-corrected chi connectivity index (χ1v) is 9.29. The van der Waals surface area contributed by atoms with Gasteiger partial charge in [0.25, 0.3) is 0 Å². The maximum atomic E-state index is 13.2. The largest absolute Gasteiger partial charge is 0.497 e. The fraction of sp³-hybridized carbons (Fsp3) is 0.250. The van der Waals surface area contributed by atoms with E-state index in [-0.39, 0.29) is 11.8 Å². The zero-order valence-electron chi connectivity index (χ0n) is 14.6. The van der Waals surface area contributed by atoms with Gasteiger partial charge in [0.05, 0.1) is 12.5 Å². The zero-order valence-corrected chi connectivity index (χ0v) is 15.4. The third-order valence-electron chi connectivity index (χ3n) is 5.09. The molecule has 132 valence electrons. The lowest BCUT2D eigenvalue weighted by molar-refractivity contribution is -0.125. The number of fused-ring (bicyclic) bond motifs is 1. The molecule has 3 aromatic rings. The number of carbonyl (C=O) groups excluding carboxylic acids is 1. The van der Waals surface area contributed by atoms with Crippen molar-refractivity contribution in [3.8, 4) is 5.75 Å². The van der Waals surface area contributed by atoms with Gasteiger partial charge in [-0.1, -0.05) is 47.7 Å². The lowest BCUT2D eigenvalue weighted by Crippen LogP contribution is -2.37. The summed E-state index contributed by atoms with van der Waals surface area (Å²) in [5.74, 6) is 0.707. The summed E-state index contributed by atoms with van der Waals surface area (Å²) in [6.45, 7) is 2.02. The Morgan fingerprint density at radius 3 is 2.77 bits per heavy atom. The molecule has 0 bridgehead atoms. The third kappa shape index (κ3) is 2.76. The molecule has 0 spiro atoms. The number of carbonyl (C=O) groups is 1. The van der Waals surface area contributed by atoms with Gasteiger partial charge in [-0.2, -0.15) is 0 Å². The van der Waals surface area contributed by atoms with Crippen LogP contribution in [0.3, 0.4) is 0 Å². The minimum atomic E-state index is -0.623. The fourth-order valence-electron chi connectivity index (χ4n) is 3.84.